The molecule has 0 spiro atoms. The van der Waals surface area contributed by atoms with Crippen LogP contribution in [0.1, 0.15) is 25.8 Å². The molecule has 0 aliphatic carbocycles. The van der Waals surface area contributed by atoms with Crippen molar-refractivity contribution < 1.29 is 8.78 Å². The van der Waals surface area contributed by atoms with E-state index in [9.17, 15) is 8.78 Å². The van der Waals surface area contributed by atoms with E-state index in [1.807, 2.05) is 6.92 Å². The van der Waals surface area contributed by atoms with Gasteiger partial charge in [-0.2, -0.15) is 17.0 Å². The Hall–Kier alpha value is -1.28. The second-order valence-corrected chi connectivity index (χ2v) is 5.35. The standard InChI is InChI=1S/C13H16F2N2S/c1-3-18-5-4-9(2)17-13-11(14)6-10(8-16)7-12(13)15/h6-7,9,17H,3-5H2,1-2H3. The molecule has 1 aromatic rings. The van der Waals surface area contributed by atoms with E-state index in [1.54, 1.807) is 17.8 Å². The largest absolute Gasteiger partial charge is 0.378 e. The molecule has 0 saturated carbocycles. The number of benzene rings is 1. The van der Waals surface area contributed by atoms with Crippen LogP contribution in [0, 0.1) is 23.0 Å². The summed E-state index contributed by atoms with van der Waals surface area (Å²) in [4.78, 5) is 0. The molecule has 0 heterocycles. The number of anilines is 1. The van der Waals surface area contributed by atoms with Crippen molar-refractivity contribution in [2.45, 2.75) is 26.3 Å². The second-order valence-electron chi connectivity index (χ2n) is 3.96. The van der Waals surface area contributed by atoms with E-state index in [-0.39, 0.29) is 17.3 Å². The third kappa shape index (κ3) is 4.19. The SMILES string of the molecule is CCSCCC(C)Nc1c(F)cc(C#N)cc1F. The number of nitriles is 1. The van der Waals surface area contributed by atoms with Gasteiger partial charge >= 0.3 is 0 Å². The van der Waals surface area contributed by atoms with Crippen molar-refractivity contribution in [3.05, 3.63) is 29.3 Å². The Bertz CT molecular complexity index is 420. The first-order valence-corrected chi connectivity index (χ1v) is 6.97. The molecular weight excluding hydrogens is 254 g/mol. The van der Waals surface area contributed by atoms with Gasteiger partial charge in [0.1, 0.15) is 5.69 Å². The zero-order valence-corrected chi connectivity index (χ0v) is 11.3. The van der Waals surface area contributed by atoms with Crippen LogP contribution >= 0.6 is 11.8 Å². The van der Waals surface area contributed by atoms with Gasteiger partial charge in [0.15, 0.2) is 11.6 Å². The summed E-state index contributed by atoms with van der Waals surface area (Å²) in [5.74, 6) is 0.541. The molecule has 98 valence electrons. The average Bonchev–Trinajstić information content (AvgIpc) is 2.34. The van der Waals surface area contributed by atoms with Crippen LogP contribution in [0.4, 0.5) is 14.5 Å². The van der Waals surface area contributed by atoms with Crippen LogP contribution in [0.5, 0.6) is 0 Å². The lowest BCUT2D eigenvalue weighted by molar-refractivity contribution is 0.581. The van der Waals surface area contributed by atoms with Gasteiger partial charge in [-0.05, 0) is 37.0 Å². The van der Waals surface area contributed by atoms with E-state index in [4.69, 9.17) is 5.26 Å². The van der Waals surface area contributed by atoms with Gasteiger partial charge in [0.2, 0.25) is 0 Å². The van der Waals surface area contributed by atoms with Gasteiger partial charge in [0.25, 0.3) is 0 Å². The van der Waals surface area contributed by atoms with E-state index in [0.717, 1.165) is 30.1 Å². The van der Waals surface area contributed by atoms with Crippen molar-refractivity contribution in [3.63, 3.8) is 0 Å². The van der Waals surface area contributed by atoms with E-state index < -0.39 is 11.6 Å². The van der Waals surface area contributed by atoms with E-state index in [2.05, 4.69) is 12.2 Å². The maximum atomic E-state index is 13.6. The summed E-state index contributed by atoms with van der Waals surface area (Å²) in [5.41, 5.74) is -0.159. The van der Waals surface area contributed by atoms with Crippen molar-refractivity contribution in [2.24, 2.45) is 0 Å². The number of halogens is 2. The molecule has 0 aliphatic rings. The number of thioether (sulfide) groups is 1. The van der Waals surface area contributed by atoms with Crippen LogP contribution in [0.2, 0.25) is 0 Å². The molecule has 18 heavy (non-hydrogen) atoms. The van der Waals surface area contributed by atoms with Crippen LogP contribution in [-0.2, 0) is 0 Å². The molecule has 0 fully saturated rings. The molecule has 0 aliphatic heterocycles. The van der Waals surface area contributed by atoms with Gasteiger partial charge in [-0.25, -0.2) is 8.78 Å². The molecule has 2 nitrogen and oxygen atoms in total. The molecule has 0 aromatic heterocycles. The van der Waals surface area contributed by atoms with Crippen LogP contribution in [0.15, 0.2) is 12.1 Å². The smallest absolute Gasteiger partial charge is 0.150 e. The summed E-state index contributed by atoms with van der Waals surface area (Å²) in [6, 6.07) is 3.79. The van der Waals surface area contributed by atoms with Crippen LogP contribution in [0.3, 0.4) is 0 Å². The zero-order valence-electron chi connectivity index (χ0n) is 10.5. The first kappa shape index (κ1) is 14.8. The van der Waals surface area contributed by atoms with Gasteiger partial charge in [-0.3, -0.25) is 0 Å². The maximum Gasteiger partial charge on any atom is 0.150 e. The Morgan fingerprint density at radius 3 is 2.50 bits per heavy atom. The van der Waals surface area contributed by atoms with Crippen LogP contribution < -0.4 is 5.32 Å². The normalized spacial score (nSPS) is 11.9. The van der Waals surface area contributed by atoms with Crippen molar-refractivity contribution in [2.75, 3.05) is 16.8 Å². The highest BCUT2D eigenvalue weighted by atomic mass is 32.2. The van der Waals surface area contributed by atoms with Crippen molar-refractivity contribution in [1.82, 2.24) is 0 Å². The average molecular weight is 270 g/mol. The van der Waals surface area contributed by atoms with Gasteiger partial charge in [0.05, 0.1) is 11.6 Å². The van der Waals surface area contributed by atoms with Crippen molar-refractivity contribution in [3.8, 4) is 6.07 Å². The Morgan fingerprint density at radius 2 is 2.00 bits per heavy atom. The fraction of sp³-hybridized carbons (Fsp3) is 0.462. The number of rotatable bonds is 6. The second kappa shape index (κ2) is 7.22. The summed E-state index contributed by atoms with van der Waals surface area (Å²) in [7, 11) is 0. The highest BCUT2D eigenvalue weighted by Crippen LogP contribution is 2.22. The highest BCUT2D eigenvalue weighted by Gasteiger charge is 2.13. The summed E-state index contributed by atoms with van der Waals surface area (Å²) in [6.07, 6.45) is 0.831. The molecule has 1 rings (SSSR count). The molecule has 1 N–H and O–H groups in total. The van der Waals surface area contributed by atoms with Gasteiger partial charge in [-0.15, -0.1) is 0 Å². The Balaban J connectivity index is 2.70. The summed E-state index contributed by atoms with van der Waals surface area (Å²) < 4.78 is 27.2. The minimum absolute atomic E-state index is 0.00950. The monoisotopic (exact) mass is 270 g/mol. The minimum atomic E-state index is -0.721. The predicted octanol–water partition coefficient (Wildman–Crippen LogP) is 3.78. The lowest BCUT2D eigenvalue weighted by atomic mass is 10.1. The maximum absolute atomic E-state index is 13.6. The van der Waals surface area contributed by atoms with Gasteiger partial charge in [-0.1, -0.05) is 6.92 Å². The first-order valence-electron chi connectivity index (χ1n) is 5.82. The number of hydrogen-bond acceptors (Lipinski definition) is 3. The summed E-state index contributed by atoms with van der Waals surface area (Å²) >= 11 is 1.79. The fourth-order valence-electron chi connectivity index (χ4n) is 1.50. The highest BCUT2D eigenvalue weighted by molar-refractivity contribution is 7.99. The molecule has 0 saturated heterocycles. The molecule has 1 atom stereocenters. The molecule has 1 aromatic carbocycles. The van der Waals surface area contributed by atoms with E-state index >= 15 is 0 Å². The molecule has 1 unspecified atom stereocenters. The molecular formula is C13H16F2N2S. The zero-order chi connectivity index (χ0) is 13.5. The molecule has 0 bridgehead atoms. The van der Waals surface area contributed by atoms with E-state index in [0.29, 0.717) is 0 Å². The number of hydrogen-bond donors (Lipinski definition) is 1. The third-order valence-electron chi connectivity index (χ3n) is 2.46. The molecule has 0 radical (unpaired) electrons. The van der Waals surface area contributed by atoms with E-state index in [1.165, 1.54) is 0 Å². The summed E-state index contributed by atoms with van der Waals surface area (Å²) in [5, 5.41) is 11.4. The molecule has 0 amide bonds. The Labute approximate surface area is 110 Å². The Kier molecular flexibility index (Phi) is 5.93. The predicted molar refractivity (Wildman–Crippen MR) is 71.8 cm³/mol. The van der Waals surface area contributed by atoms with Crippen molar-refractivity contribution >= 4 is 17.4 Å². The number of nitrogens with one attached hydrogen (secondary N) is 1. The summed E-state index contributed by atoms with van der Waals surface area (Å²) in [6.45, 7) is 3.95. The fourth-order valence-corrected chi connectivity index (χ4v) is 2.31. The van der Waals surface area contributed by atoms with Gasteiger partial charge in [0, 0.05) is 6.04 Å². The van der Waals surface area contributed by atoms with Crippen LogP contribution in [0.25, 0.3) is 0 Å². The number of nitrogens with zero attached hydrogens (tertiary/aromatic N) is 1. The van der Waals surface area contributed by atoms with Crippen LogP contribution in [-0.4, -0.2) is 17.5 Å². The third-order valence-corrected chi connectivity index (χ3v) is 3.39. The van der Waals surface area contributed by atoms with Crippen molar-refractivity contribution in [1.29, 1.82) is 5.26 Å². The minimum Gasteiger partial charge on any atom is -0.378 e. The topological polar surface area (TPSA) is 35.8 Å². The first-order chi connectivity index (χ1) is 8.58. The molecule has 5 heteroatoms. The van der Waals surface area contributed by atoms with Gasteiger partial charge < -0.3 is 5.32 Å². The lowest BCUT2D eigenvalue weighted by Crippen LogP contribution is -2.18. The Morgan fingerprint density at radius 1 is 1.39 bits per heavy atom. The quantitative estimate of drug-likeness (QED) is 0.799. The lowest BCUT2D eigenvalue weighted by Gasteiger charge is -2.16.